The predicted octanol–water partition coefficient (Wildman–Crippen LogP) is 4.96. The van der Waals surface area contributed by atoms with Crippen molar-refractivity contribution in [1.82, 2.24) is 0 Å². The largest absolute Gasteiger partial charge is 0.465 e. The monoisotopic (exact) mass is 340 g/mol. The Morgan fingerprint density at radius 2 is 1.84 bits per heavy atom. The lowest BCUT2D eigenvalue weighted by atomic mass is 10.00. The summed E-state index contributed by atoms with van der Waals surface area (Å²) in [6, 6.07) is 17.0. The molecule has 1 aliphatic heterocycles. The van der Waals surface area contributed by atoms with Crippen molar-refractivity contribution < 1.29 is 14.6 Å². The first-order chi connectivity index (χ1) is 12.3. The molecule has 3 nitrogen and oxygen atoms in total. The fourth-order valence-electron chi connectivity index (χ4n) is 3.21. The molecule has 1 N–H and O–H groups in total. The summed E-state index contributed by atoms with van der Waals surface area (Å²) in [7, 11) is 0. The van der Waals surface area contributed by atoms with Crippen LogP contribution in [0.2, 0.25) is 0 Å². The molecule has 0 bridgehead atoms. The number of ether oxygens (including phenoxy) is 2. The van der Waals surface area contributed by atoms with Gasteiger partial charge in [-0.15, -0.1) is 0 Å². The lowest BCUT2D eigenvalue weighted by Crippen LogP contribution is -2.24. The third kappa shape index (κ3) is 5.58. The zero-order valence-corrected chi connectivity index (χ0v) is 14.8. The van der Waals surface area contributed by atoms with Crippen LogP contribution in [0.15, 0.2) is 48.5 Å². The van der Waals surface area contributed by atoms with Crippen molar-refractivity contribution in [3.8, 4) is 16.9 Å². The van der Waals surface area contributed by atoms with Gasteiger partial charge in [0.25, 0.3) is 0 Å². The molecular formula is C22H28O3. The summed E-state index contributed by atoms with van der Waals surface area (Å²) in [6.45, 7) is 1.09. The highest BCUT2D eigenvalue weighted by atomic mass is 16.7. The number of benzene rings is 2. The Morgan fingerprint density at radius 1 is 0.960 bits per heavy atom. The molecular weight excluding hydrogens is 312 g/mol. The van der Waals surface area contributed by atoms with E-state index in [0.717, 1.165) is 50.9 Å². The van der Waals surface area contributed by atoms with Crippen LogP contribution in [-0.4, -0.2) is 24.6 Å². The van der Waals surface area contributed by atoms with Gasteiger partial charge in [0.15, 0.2) is 6.29 Å². The van der Waals surface area contributed by atoms with Crippen LogP contribution in [0.3, 0.4) is 0 Å². The molecule has 134 valence electrons. The Morgan fingerprint density at radius 3 is 2.60 bits per heavy atom. The van der Waals surface area contributed by atoms with E-state index in [2.05, 4.69) is 36.4 Å². The van der Waals surface area contributed by atoms with E-state index in [1.165, 1.54) is 23.1 Å². The molecule has 0 aliphatic carbocycles. The quantitative estimate of drug-likeness (QED) is 0.690. The summed E-state index contributed by atoms with van der Waals surface area (Å²) in [5.41, 5.74) is 3.79. The minimum absolute atomic E-state index is 0.0955. The van der Waals surface area contributed by atoms with Crippen molar-refractivity contribution in [3.63, 3.8) is 0 Å². The second kappa shape index (κ2) is 9.59. The van der Waals surface area contributed by atoms with Crippen molar-refractivity contribution in [1.29, 1.82) is 0 Å². The van der Waals surface area contributed by atoms with E-state index >= 15 is 0 Å². The van der Waals surface area contributed by atoms with Crippen LogP contribution >= 0.6 is 0 Å². The molecule has 1 aliphatic rings. The maximum absolute atomic E-state index is 8.86. The van der Waals surface area contributed by atoms with E-state index in [-0.39, 0.29) is 6.29 Å². The van der Waals surface area contributed by atoms with Crippen molar-refractivity contribution >= 4 is 0 Å². The Hall–Kier alpha value is -1.84. The van der Waals surface area contributed by atoms with Crippen molar-refractivity contribution in [2.45, 2.75) is 51.2 Å². The topological polar surface area (TPSA) is 38.7 Å². The van der Waals surface area contributed by atoms with E-state index < -0.39 is 0 Å². The highest BCUT2D eigenvalue weighted by Crippen LogP contribution is 2.25. The van der Waals surface area contributed by atoms with Gasteiger partial charge in [0, 0.05) is 13.0 Å². The second-order valence-electron chi connectivity index (χ2n) is 6.67. The van der Waals surface area contributed by atoms with Gasteiger partial charge >= 0.3 is 0 Å². The van der Waals surface area contributed by atoms with Crippen LogP contribution in [0.5, 0.6) is 5.75 Å². The predicted molar refractivity (Wildman–Crippen MR) is 101 cm³/mol. The molecule has 1 saturated heterocycles. The molecule has 0 aromatic heterocycles. The average molecular weight is 340 g/mol. The van der Waals surface area contributed by atoms with Crippen LogP contribution in [0.4, 0.5) is 0 Å². The summed E-state index contributed by atoms with van der Waals surface area (Å²) < 4.78 is 11.5. The average Bonchev–Trinajstić information content (AvgIpc) is 2.67. The van der Waals surface area contributed by atoms with E-state index in [4.69, 9.17) is 14.6 Å². The molecule has 0 saturated carbocycles. The first-order valence-corrected chi connectivity index (χ1v) is 9.43. The molecule has 1 unspecified atom stereocenters. The summed E-state index contributed by atoms with van der Waals surface area (Å²) in [5.74, 6) is 0.871. The number of aryl methyl sites for hydroxylation is 1. The van der Waals surface area contributed by atoms with Gasteiger partial charge in [-0.25, -0.2) is 0 Å². The van der Waals surface area contributed by atoms with Crippen LogP contribution in [-0.2, 0) is 11.2 Å². The summed E-state index contributed by atoms with van der Waals surface area (Å²) >= 11 is 0. The molecule has 2 aromatic carbocycles. The Bertz CT molecular complexity index is 630. The van der Waals surface area contributed by atoms with Crippen molar-refractivity contribution in [3.05, 3.63) is 54.1 Å². The Kier molecular flexibility index (Phi) is 6.89. The highest BCUT2D eigenvalue weighted by Gasteiger charge is 2.15. The smallest absolute Gasteiger partial charge is 0.199 e. The number of aliphatic hydroxyl groups is 1. The first-order valence-electron chi connectivity index (χ1n) is 9.43. The molecule has 0 radical (unpaired) electrons. The van der Waals surface area contributed by atoms with Gasteiger partial charge in [-0.3, -0.25) is 0 Å². The molecule has 3 rings (SSSR count). The Labute approximate surface area is 150 Å². The molecule has 0 amide bonds. The van der Waals surface area contributed by atoms with E-state index in [1.807, 2.05) is 12.1 Å². The molecule has 3 heteroatoms. The van der Waals surface area contributed by atoms with Crippen LogP contribution in [0, 0.1) is 0 Å². The zero-order valence-electron chi connectivity index (χ0n) is 14.8. The maximum atomic E-state index is 8.86. The minimum Gasteiger partial charge on any atom is -0.465 e. The van der Waals surface area contributed by atoms with E-state index in [9.17, 15) is 0 Å². The number of rotatable bonds is 8. The second-order valence-corrected chi connectivity index (χ2v) is 6.67. The van der Waals surface area contributed by atoms with E-state index in [0.29, 0.717) is 6.61 Å². The van der Waals surface area contributed by atoms with Gasteiger partial charge in [-0.1, -0.05) is 42.8 Å². The molecule has 1 fully saturated rings. The maximum Gasteiger partial charge on any atom is 0.199 e. The molecule has 1 heterocycles. The highest BCUT2D eigenvalue weighted by molar-refractivity contribution is 5.64. The fourth-order valence-corrected chi connectivity index (χ4v) is 3.21. The van der Waals surface area contributed by atoms with Crippen LogP contribution in [0.25, 0.3) is 11.1 Å². The fraction of sp³-hybridized carbons (Fsp3) is 0.455. The normalized spacial score (nSPS) is 17.4. The number of unbranched alkanes of at least 4 members (excludes halogenated alkanes) is 2. The third-order valence-electron chi connectivity index (χ3n) is 4.64. The molecule has 25 heavy (non-hydrogen) atoms. The van der Waals surface area contributed by atoms with Gasteiger partial charge in [0.05, 0.1) is 6.61 Å². The summed E-state index contributed by atoms with van der Waals surface area (Å²) in [6.07, 6.45) is 7.35. The lowest BCUT2D eigenvalue weighted by Gasteiger charge is -2.23. The van der Waals surface area contributed by atoms with Crippen molar-refractivity contribution in [2.75, 3.05) is 13.2 Å². The Balaban J connectivity index is 1.59. The van der Waals surface area contributed by atoms with E-state index in [1.54, 1.807) is 0 Å². The van der Waals surface area contributed by atoms with Gasteiger partial charge in [0.2, 0.25) is 0 Å². The van der Waals surface area contributed by atoms with Crippen molar-refractivity contribution in [2.24, 2.45) is 0 Å². The van der Waals surface area contributed by atoms with Gasteiger partial charge in [0.1, 0.15) is 5.75 Å². The third-order valence-corrected chi connectivity index (χ3v) is 4.64. The molecule has 0 spiro atoms. The summed E-state index contributed by atoms with van der Waals surface area (Å²) in [4.78, 5) is 0. The number of aliphatic hydroxyl groups excluding tert-OH is 1. The SMILES string of the molecule is OCCCCCc1cccc(-c2ccc(OC3CCCCO3)cc2)c1. The minimum atomic E-state index is -0.0955. The number of hydrogen-bond donors (Lipinski definition) is 1. The lowest BCUT2D eigenvalue weighted by molar-refractivity contribution is -0.105. The van der Waals surface area contributed by atoms with Gasteiger partial charge in [-0.2, -0.15) is 0 Å². The van der Waals surface area contributed by atoms with Gasteiger partial charge < -0.3 is 14.6 Å². The molecule has 1 atom stereocenters. The summed E-state index contributed by atoms with van der Waals surface area (Å²) in [5, 5.41) is 8.86. The van der Waals surface area contributed by atoms with Crippen LogP contribution < -0.4 is 4.74 Å². The molecule has 2 aromatic rings. The first kappa shape index (κ1) is 18.0. The number of hydrogen-bond acceptors (Lipinski definition) is 3. The zero-order chi connectivity index (χ0) is 17.3. The van der Waals surface area contributed by atoms with Crippen LogP contribution in [0.1, 0.15) is 44.1 Å². The van der Waals surface area contributed by atoms with Gasteiger partial charge in [-0.05, 0) is 60.9 Å². The standard InChI is InChI=1S/C22H28O3/c23-15-4-1-2-7-18-8-6-9-20(17-18)19-11-13-21(14-12-19)25-22-10-3-5-16-24-22/h6,8-9,11-14,17,22-23H,1-5,7,10,15-16H2.